The largest absolute Gasteiger partial charge is 0.490 e. The van der Waals surface area contributed by atoms with E-state index in [-0.39, 0.29) is 30.9 Å². The molecule has 5 heteroatoms. The highest BCUT2D eigenvalue weighted by Gasteiger charge is 2.54. The molecule has 1 aliphatic rings. The Morgan fingerprint density at radius 2 is 2.06 bits per heavy atom. The summed E-state index contributed by atoms with van der Waals surface area (Å²) in [6.45, 7) is 10.8. The van der Waals surface area contributed by atoms with Gasteiger partial charge in [0, 0.05) is 14.0 Å². The minimum Gasteiger partial charge on any atom is -0.490 e. The molecule has 0 amide bonds. The third-order valence-corrected chi connectivity index (χ3v) is 3.22. The van der Waals surface area contributed by atoms with Crippen LogP contribution in [0.25, 0.3) is 0 Å². The van der Waals surface area contributed by atoms with Gasteiger partial charge in [0.05, 0.1) is 11.9 Å². The molecule has 1 fully saturated rings. The Hall–Kier alpha value is -1.07. The molecule has 18 heavy (non-hydrogen) atoms. The molecule has 0 aromatic rings. The van der Waals surface area contributed by atoms with E-state index in [4.69, 9.17) is 18.9 Å². The molecule has 0 bridgehead atoms. The highest BCUT2D eigenvalue weighted by molar-refractivity contribution is 5.65. The lowest BCUT2D eigenvalue weighted by atomic mass is 9.93. The summed E-state index contributed by atoms with van der Waals surface area (Å²) in [6, 6.07) is 0. The molecule has 4 atom stereocenters. The van der Waals surface area contributed by atoms with Crippen molar-refractivity contribution in [3.05, 3.63) is 12.3 Å². The third kappa shape index (κ3) is 3.03. The van der Waals surface area contributed by atoms with Crippen molar-refractivity contribution in [2.75, 3.05) is 13.7 Å². The zero-order valence-electron chi connectivity index (χ0n) is 11.7. The Morgan fingerprint density at radius 1 is 1.44 bits per heavy atom. The minimum atomic E-state index is -0.673. The van der Waals surface area contributed by atoms with Crippen LogP contribution < -0.4 is 0 Å². The zero-order chi connectivity index (χ0) is 13.9. The van der Waals surface area contributed by atoms with Crippen LogP contribution in [0.5, 0.6) is 0 Å². The SMILES string of the molecule is C=C(C)O[C@H]1[C@H](C)O[C@H](COC(C)=O)[C@@]1(C)OC. The summed E-state index contributed by atoms with van der Waals surface area (Å²) >= 11 is 0. The van der Waals surface area contributed by atoms with Gasteiger partial charge in [0.25, 0.3) is 0 Å². The molecule has 5 nitrogen and oxygen atoms in total. The molecule has 0 aromatic heterocycles. The molecular weight excluding hydrogens is 236 g/mol. The van der Waals surface area contributed by atoms with Gasteiger partial charge in [-0.15, -0.1) is 0 Å². The quantitative estimate of drug-likeness (QED) is 0.554. The lowest BCUT2D eigenvalue weighted by Crippen LogP contribution is -2.49. The monoisotopic (exact) mass is 258 g/mol. The van der Waals surface area contributed by atoms with Crippen LogP contribution >= 0.6 is 0 Å². The summed E-state index contributed by atoms with van der Waals surface area (Å²) < 4.78 is 22.0. The molecule has 0 spiro atoms. The summed E-state index contributed by atoms with van der Waals surface area (Å²) in [7, 11) is 1.59. The number of allylic oxidation sites excluding steroid dienone is 1. The van der Waals surface area contributed by atoms with Crippen LogP contribution in [0.2, 0.25) is 0 Å². The summed E-state index contributed by atoms with van der Waals surface area (Å²) in [5, 5.41) is 0. The van der Waals surface area contributed by atoms with Crippen molar-refractivity contribution < 1.29 is 23.7 Å². The van der Waals surface area contributed by atoms with Gasteiger partial charge in [-0.3, -0.25) is 4.79 Å². The lowest BCUT2D eigenvalue weighted by molar-refractivity contribution is -0.152. The molecule has 1 rings (SSSR count). The van der Waals surface area contributed by atoms with Crippen LogP contribution in [0.1, 0.15) is 27.7 Å². The predicted molar refractivity (Wildman–Crippen MR) is 66.1 cm³/mol. The fourth-order valence-corrected chi connectivity index (χ4v) is 2.19. The van der Waals surface area contributed by atoms with Gasteiger partial charge in [-0.25, -0.2) is 0 Å². The van der Waals surface area contributed by atoms with E-state index < -0.39 is 5.60 Å². The smallest absolute Gasteiger partial charge is 0.302 e. The third-order valence-electron chi connectivity index (χ3n) is 3.22. The standard InChI is InChI=1S/C13H22O5/c1-8(2)17-12-9(3)18-11(7-16-10(4)14)13(12,5)15-6/h9,11-12H,1,7H2,2-6H3/t9-,11+,12-,13+/m0/s1. The van der Waals surface area contributed by atoms with Gasteiger partial charge in [0.1, 0.15) is 18.3 Å². The van der Waals surface area contributed by atoms with E-state index in [2.05, 4.69) is 6.58 Å². The molecule has 0 unspecified atom stereocenters. The van der Waals surface area contributed by atoms with Gasteiger partial charge in [-0.05, 0) is 20.8 Å². The van der Waals surface area contributed by atoms with E-state index >= 15 is 0 Å². The van der Waals surface area contributed by atoms with E-state index in [1.165, 1.54) is 6.92 Å². The second kappa shape index (κ2) is 5.71. The number of carbonyl (C=O) groups is 1. The number of methoxy groups -OCH3 is 1. The molecule has 104 valence electrons. The van der Waals surface area contributed by atoms with Crippen LogP contribution in [0.4, 0.5) is 0 Å². The average Bonchev–Trinajstić information content (AvgIpc) is 2.51. The van der Waals surface area contributed by atoms with E-state index in [9.17, 15) is 4.79 Å². The fourth-order valence-electron chi connectivity index (χ4n) is 2.19. The first kappa shape index (κ1) is 15.0. The Kier molecular flexibility index (Phi) is 4.76. The van der Waals surface area contributed by atoms with Crippen molar-refractivity contribution in [1.82, 2.24) is 0 Å². The van der Waals surface area contributed by atoms with Gasteiger partial charge in [-0.2, -0.15) is 0 Å². The summed E-state index contributed by atoms with van der Waals surface area (Å²) in [5.74, 6) is 0.265. The summed E-state index contributed by atoms with van der Waals surface area (Å²) in [4.78, 5) is 10.9. The number of rotatable bonds is 5. The first-order valence-electron chi connectivity index (χ1n) is 5.97. The predicted octanol–water partition coefficient (Wildman–Crippen LogP) is 1.66. The van der Waals surface area contributed by atoms with Crippen LogP contribution in [-0.2, 0) is 23.7 Å². The Morgan fingerprint density at radius 3 is 2.50 bits per heavy atom. The van der Waals surface area contributed by atoms with Gasteiger partial charge in [0.15, 0.2) is 6.10 Å². The molecule has 1 saturated heterocycles. The molecular formula is C13H22O5. The molecule has 0 saturated carbocycles. The highest BCUT2D eigenvalue weighted by Crippen LogP contribution is 2.36. The molecule has 0 radical (unpaired) electrons. The van der Waals surface area contributed by atoms with Crippen molar-refractivity contribution in [3.63, 3.8) is 0 Å². The normalized spacial score (nSPS) is 35.3. The Bertz CT molecular complexity index is 327. The number of carbonyl (C=O) groups excluding carboxylic acids is 1. The van der Waals surface area contributed by atoms with Crippen molar-refractivity contribution in [1.29, 1.82) is 0 Å². The van der Waals surface area contributed by atoms with E-state index in [1.807, 2.05) is 13.8 Å². The molecule has 1 aliphatic heterocycles. The number of ether oxygens (including phenoxy) is 4. The van der Waals surface area contributed by atoms with Gasteiger partial charge < -0.3 is 18.9 Å². The fraction of sp³-hybridized carbons (Fsp3) is 0.769. The molecule has 1 heterocycles. The minimum absolute atomic E-state index is 0.153. The van der Waals surface area contributed by atoms with Crippen LogP contribution in [0, 0.1) is 0 Å². The lowest BCUT2D eigenvalue weighted by Gasteiger charge is -2.33. The van der Waals surface area contributed by atoms with Crippen LogP contribution in [0.3, 0.4) is 0 Å². The average molecular weight is 258 g/mol. The van der Waals surface area contributed by atoms with Gasteiger partial charge in [0.2, 0.25) is 0 Å². The van der Waals surface area contributed by atoms with Crippen molar-refractivity contribution >= 4 is 5.97 Å². The Labute approximate surface area is 108 Å². The number of esters is 1. The van der Waals surface area contributed by atoms with Crippen LogP contribution in [-0.4, -0.2) is 43.6 Å². The maximum Gasteiger partial charge on any atom is 0.302 e. The highest BCUT2D eigenvalue weighted by atomic mass is 16.6. The molecule has 0 aromatic carbocycles. The van der Waals surface area contributed by atoms with Crippen molar-refractivity contribution in [2.24, 2.45) is 0 Å². The van der Waals surface area contributed by atoms with E-state index in [0.29, 0.717) is 5.76 Å². The van der Waals surface area contributed by atoms with Gasteiger partial charge >= 0.3 is 5.97 Å². The Balaban J connectivity index is 2.81. The van der Waals surface area contributed by atoms with E-state index in [1.54, 1.807) is 14.0 Å². The van der Waals surface area contributed by atoms with Gasteiger partial charge in [-0.1, -0.05) is 6.58 Å². The first-order chi connectivity index (χ1) is 8.31. The molecule has 0 aliphatic carbocycles. The first-order valence-corrected chi connectivity index (χ1v) is 5.97. The van der Waals surface area contributed by atoms with Crippen molar-refractivity contribution in [3.8, 4) is 0 Å². The topological polar surface area (TPSA) is 54.0 Å². The van der Waals surface area contributed by atoms with Crippen molar-refractivity contribution in [2.45, 2.75) is 51.6 Å². The zero-order valence-corrected chi connectivity index (χ0v) is 11.7. The second-order valence-electron chi connectivity index (χ2n) is 4.76. The number of hydrogen-bond acceptors (Lipinski definition) is 5. The van der Waals surface area contributed by atoms with E-state index in [0.717, 1.165) is 0 Å². The maximum atomic E-state index is 10.9. The summed E-state index contributed by atoms with van der Waals surface area (Å²) in [5.41, 5.74) is -0.673. The number of hydrogen-bond donors (Lipinski definition) is 0. The second-order valence-corrected chi connectivity index (χ2v) is 4.76. The van der Waals surface area contributed by atoms with Crippen LogP contribution in [0.15, 0.2) is 12.3 Å². The maximum absolute atomic E-state index is 10.9. The summed E-state index contributed by atoms with van der Waals surface area (Å²) in [6.07, 6.45) is -0.793. The molecule has 0 N–H and O–H groups in total.